The van der Waals surface area contributed by atoms with Crippen molar-refractivity contribution in [3.05, 3.63) is 41.0 Å². The lowest BCUT2D eigenvalue weighted by Gasteiger charge is -2.24. The highest BCUT2D eigenvalue weighted by atomic mass is 35.5. The van der Waals surface area contributed by atoms with Crippen LogP contribution in [0.25, 0.3) is 11.1 Å². The van der Waals surface area contributed by atoms with Crippen molar-refractivity contribution in [2.45, 2.75) is 44.6 Å². The highest BCUT2D eigenvalue weighted by Crippen LogP contribution is 2.33. The Hall–Kier alpha value is -2.67. The minimum Gasteiger partial charge on any atom is -0.476 e. The zero-order valence-electron chi connectivity index (χ0n) is 16.9. The number of carbonyl (C=O) groups excluding carboxylic acids is 1. The first-order valence-corrected chi connectivity index (χ1v) is 10.7. The fourth-order valence-corrected chi connectivity index (χ4v) is 3.65. The Morgan fingerprint density at radius 2 is 2.00 bits per heavy atom. The van der Waals surface area contributed by atoms with E-state index in [-0.39, 0.29) is 17.6 Å². The van der Waals surface area contributed by atoms with Crippen LogP contribution < -0.4 is 10.1 Å². The number of aromatic nitrogens is 2. The molecule has 30 heavy (non-hydrogen) atoms. The third-order valence-corrected chi connectivity index (χ3v) is 5.64. The van der Waals surface area contributed by atoms with Gasteiger partial charge < -0.3 is 14.9 Å². The van der Waals surface area contributed by atoms with Crippen LogP contribution in [0.4, 0.5) is 0 Å². The molecule has 1 aromatic carbocycles. The molecule has 1 atom stereocenters. The molecule has 1 aromatic heterocycles. The summed E-state index contributed by atoms with van der Waals surface area (Å²) in [6, 6.07) is 8.95. The van der Waals surface area contributed by atoms with Crippen molar-refractivity contribution in [1.29, 1.82) is 0 Å². The first kappa shape index (κ1) is 20.6. The van der Waals surface area contributed by atoms with Crippen molar-refractivity contribution >= 4 is 23.2 Å². The maximum Gasteiger partial charge on any atom is 0.272 e. The standard InChI is InChI=1S/C22H25ClN4O3/c1-29-27-19-5-3-2-4-18(19)24-21(28)20-12-17(15-8-10-16(23)11-9-15)22(26-25-20)30-13-14-6-7-14/h8-12,14,18H,2-7,13H2,1H3,(H,24,28)/b27-19+/t18-/m0/s1. The third-order valence-electron chi connectivity index (χ3n) is 5.39. The summed E-state index contributed by atoms with van der Waals surface area (Å²) in [5, 5.41) is 16.1. The van der Waals surface area contributed by atoms with E-state index in [9.17, 15) is 4.79 Å². The molecule has 7 nitrogen and oxygen atoms in total. The van der Waals surface area contributed by atoms with Crippen molar-refractivity contribution in [3.8, 4) is 17.0 Å². The lowest BCUT2D eigenvalue weighted by atomic mass is 9.93. The predicted molar refractivity (Wildman–Crippen MR) is 115 cm³/mol. The van der Waals surface area contributed by atoms with E-state index < -0.39 is 0 Å². The molecule has 2 aliphatic carbocycles. The summed E-state index contributed by atoms with van der Waals surface area (Å²) in [4.78, 5) is 17.9. The van der Waals surface area contributed by atoms with E-state index in [2.05, 4.69) is 20.7 Å². The largest absolute Gasteiger partial charge is 0.476 e. The van der Waals surface area contributed by atoms with E-state index in [0.29, 0.717) is 23.4 Å². The maximum absolute atomic E-state index is 12.9. The summed E-state index contributed by atoms with van der Waals surface area (Å²) in [6.07, 6.45) is 6.07. The summed E-state index contributed by atoms with van der Waals surface area (Å²) < 4.78 is 5.91. The van der Waals surface area contributed by atoms with Crippen LogP contribution in [0.5, 0.6) is 5.88 Å². The molecule has 158 valence electrons. The molecule has 0 spiro atoms. The lowest BCUT2D eigenvalue weighted by molar-refractivity contribution is 0.0936. The number of carbonyl (C=O) groups is 1. The van der Waals surface area contributed by atoms with Crippen LogP contribution in [-0.4, -0.2) is 41.6 Å². The Morgan fingerprint density at radius 1 is 1.20 bits per heavy atom. The van der Waals surface area contributed by atoms with Crippen LogP contribution in [0, 0.1) is 5.92 Å². The van der Waals surface area contributed by atoms with Gasteiger partial charge in [0, 0.05) is 10.6 Å². The van der Waals surface area contributed by atoms with Gasteiger partial charge in [-0.3, -0.25) is 4.79 Å². The quantitative estimate of drug-likeness (QED) is 0.666. The Morgan fingerprint density at radius 3 is 2.73 bits per heavy atom. The molecule has 4 rings (SSSR count). The molecule has 2 aliphatic rings. The first-order chi connectivity index (χ1) is 14.6. The SMILES string of the molecule is CO/N=C1\CCCC[C@@H]1NC(=O)c1cc(-c2ccc(Cl)cc2)c(OCC2CC2)nn1. The zero-order chi connectivity index (χ0) is 20.9. The van der Waals surface area contributed by atoms with Gasteiger partial charge >= 0.3 is 0 Å². The summed E-state index contributed by atoms with van der Waals surface area (Å²) in [5.41, 5.74) is 2.68. The van der Waals surface area contributed by atoms with E-state index in [1.165, 1.54) is 20.0 Å². The normalized spacial score (nSPS) is 20.1. The number of hydrogen-bond acceptors (Lipinski definition) is 6. The van der Waals surface area contributed by atoms with Crippen molar-refractivity contribution in [2.75, 3.05) is 13.7 Å². The molecule has 1 heterocycles. The molecule has 0 bridgehead atoms. The van der Waals surface area contributed by atoms with Gasteiger partial charge in [0.15, 0.2) is 5.69 Å². The summed E-state index contributed by atoms with van der Waals surface area (Å²) in [7, 11) is 1.52. The van der Waals surface area contributed by atoms with E-state index in [1.54, 1.807) is 18.2 Å². The second-order valence-corrected chi connectivity index (χ2v) is 8.18. The fraction of sp³-hybridized carbons (Fsp3) is 0.455. The highest BCUT2D eigenvalue weighted by molar-refractivity contribution is 6.30. The van der Waals surface area contributed by atoms with Gasteiger partial charge in [-0.2, -0.15) is 0 Å². The molecule has 1 amide bonds. The minimum absolute atomic E-state index is 0.155. The number of halogens is 1. The number of benzene rings is 1. The van der Waals surface area contributed by atoms with Crippen molar-refractivity contribution in [1.82, 2.24) is 15.5 Å². The van der Waals surface area contributed by atoms with E-state index >= 15 is 0 Å². The number of oxime groups is 1. The number of nitrogens with zero attached hydrogens (tertiary/aromatic N) is 3. The molecule has 8 heteroatoms. The topological polar surface area (TPSA) is 85.7 Å². The van der Waals surface area contributed by atoms with Gasteiger partial charge in [-0.15, -0.1) is 10.2 Å². The second kappa shape index (κ2) is 9.43. The summed E-state index contributed by atoms with van der Waals surface area (Å²) in [6.45, 7) is 0.611. The fourth-order valence-electron chi connectivity index (χ4n) is 3.53. The van der Waals surface area contributed by atoms with Gasteiger partial charge in [-0.1, -0.05) is 35.3 Å². The van der Waals surface area contributed by atoms with E-state index in [1.807, 2.05) is 12.1 Å². The molecule has 0 unspecified atom stereocenters. The molecule has 0 aliphatic heterocycles. The van der Waals surface area contributed by atoms with Crippen LogP contribution in [0.15, 0.2) is 35.5 Å². The molecular formula is C22H25ClN4O3. The average molecular weight is 429 g/mol. The Bertz CT molecular complexity index is 928. The molecule has 0 saturated heterocycles. The smallest absolute Gasteiger partial charge is 0.272 e. The van der Waals surface area contributed by atoms with Crippen molar-refractivity contribution < 1.29 is 14.4 Å². The second-order valence-electron chi connectivity index (χ2n) is 7.75. The van der Waals surface area contributed by atoms with Gasteiger partial charge in [-0.05, 0) is 61.8 Å². The molecule has 2 saturated carbocycles. The van der Waals surface area contributed by atoms with E-state index in [0.717, 1.165) is 42.5 Å². The molecule has 1 N–H and O–H groups in total. The predicted octanol–water partition coefficient (Wildman–Crippen LogP) is 4.26. The summed E-state index contributed by atoms with van der Waals surface area (Å²) in [5.74, 6) is 0.722. The van der Waals surface area contributed by atoms with Crippen LogP contribution in [0.1, 0.15) is 49.0 Å². The lowest BCUT2D eigenvalue weighted by Crippen LogP contribution is -2.43. The van der Waals surface area contributed by atoms with Crippen molar-refractivity contribution in [3.63, 3.8) is 0 Å². The van der Waals surface area contributed by atoms with Crippen LogP contribution in [0.2, 0.25) is 5.02 Å². The van der Waals surface area contributed by atoms with Gasteiger partial charge in [-0.25, -0.2) is 0 Å². The molecule has 2 fully saturated rings. The first-order valence-electron chi connectivity index (χ1n) is 10.3. The molecule has 0 radical (unpaired) electrons. The molecular weight excluding hydrogens is 404 g/mol. The molecule has 2 aromatic rings. The van der Waals surface area contributed by atoms with Crippen LogP contribution in [0.3, 0.4) is 0 Å². The highest BCUT2D eigenvalue weighted by Gasteiger charge is 2.26. The summed E-state index contributed by atoms with van der Waals surface area (Å²) >= 11 is 6.03. The van der Waals surface area contributed by atoms with Crippen LogP contribution in [-0.2, 0) is 4.84 Å². The van der Waals surface area contributed by atoms with Gasteiger partial charge in [0.25, 0.3) is 5.91 Å². The minimum atomic E-state index is -0.290. The Kier molecular flexibility index (Phi) is 6.47. The van der Waals surface area contributed by atoms with Crippen LogP contribution >= 0.6 is 11.6 Å². The Balaban J connectivity index is 1.57. The van der Waals surface area contributed by atoms with E-state index in [4.69, 9.17) is 21.2 Å². The zero-order valence-corrected chi connectivity index (χ0v) is 17.7. The van der Waals surface area contributed by atoms with Gasteiger partial charge in [0.1, 0.15) is 7.11 Å². The van der Waals surface area contributed by atoms with Gasteiger partial charge in [0.05, 0.1) is 18.4 Å². The number of nitrogens with one attached hydrogen (secondary N) is 1. The monoisotopic (exact) mass is 428 g/mol. The maximum atomic E-state index is 12.9. The number of hydrogen-bond donors (Lipinski definition) is 1. The number of amides is 1. The average Bonchev–Trinajstić information content (AvgIpc) is 3.59. The van der Waals surface area contributed by atoms with Gasteiger partial charge in [0.2, 0.25) is 5.88 Å². The third kappa shape index (κ3) is 5.08. The Labute approximate surface area is 180 Å². The van der Waals surface area contributed by atoms with Crippen molar-refractivity contribution in [2.24, 2.45) is 11.1 Å². The number of rotatable bonds is 7. The number of ether oxygens (including phenoxy) is 1.